The van der Waals surface area contributed by atoms with Crippen molar-refractivity contribution >= 4 is 16.1 Å². The van der Waals surface area contributed by atoms with E-state index in [4.69, 9.17) is 0 Å². The van der Waals surface area contributed by atoms with Crippen molar-refractivity contribution in [2.75, 3.05) is 25.9 Å². The summed E-state index contributed by atoms with van der Waals surface area (Å²) in [7, 11) is -2.04. The molecule has 2 amide bonds. The third-order valence-electron chi connectivity index (χ3n) is 3.99. The summed E-state index contributed by atoms with van der Waals surface area (Å²) in [6, 6.07) is 5.74. The standard InChI is InChI=1S/C15H22FN3O3S/c1-11-9-14(12-5-3-4-6-13(12)16)19(10-11)15(20)18-7-8-23(21,22)17-2/h3-6,11,14,17H,7-10H2,1-2H3,(H,18,20). The van der Waals surface area contributed by atoms with E-state index in [1.807, 2.05) is 6.92 Å². The second-order valence-electron chi connectivity index (χ2n) is 5.79. The lowest BCUT2D eigenvalue weighted by atomic mass is 10.0. The van der Waals surface area contributed by atoms with Crippen LogP contribution in [0.15, 0.2) is 24.3 Å². The number of rotatable bonds is 5. The molecule has 1 aliphatic heterocycles. The fourth-order valence-electron chi connectivity index (χ4n) is 2.81. The van der Waals surface area contributed by atoms with Gasteiger partial charge in [0.25, 0.3) is 0 Å². The van der Waals surface area contributed by atoms with Gasteiger partial charge in [0.05, 0.1) is 11.8 Å². The first-order chi connectivity index (χ1) is 10.8. The predicted molar refractivity (Wildman–Crippen MR) is 85.9 cm³/mol. The number of urea groups is 1. The van der Waals surface area contributed by atoms with Crippen LogP contribution in [0.3, 0.4) is 0 Å². The van der Waals surface area contributed by atoms with Crippen molar-refractivity contribution in [2.45, 2.75) is 19.4 Å². The van der Waals surface area contributed by atoms with E-state index in [1.54, 1.807) is 23.1 Å². The first-order valence-electron chi connectivity index (χ1n) is 7.54. The molecule has 0 bridgehead atoms. The third kappa shape index (κ3) is 4.42. The molecular weight excluding hydrogens is 321 g/mol. The Morgan fingerprint density at radius 2 is 2.09 bits per heavy atom. The lowest BCUT2D eigenvalue weighted by Gasteiger charge is -2.25. The summed E-state index contributed by atoms with van der Waals surface area (Å²) >= 11 is 0. The Balaban J connectivity index is 2.05. The molecule has 8 heteroatoms. The Morgan fingerprint density at radius 3 is 2.74 bits per heavy atom. The summed E-state index contributed by atoms with van der Waals surface area (Å²) in [5.41, 5.74) is 0.495. The summed E-state index contributed by atoms with van der Waals surface area (Å²) in [5.74, 6) is -0.267. The number of sulfonamides is 1. The molecule has 0 saturated carbocycles. The van der Waals surface area contributed by atoms with Crippen molar-refractivity contribution in [2.24, 2.45) is 5.92 Å². The Hall–Kier alpha value is -1.67. The van der Waals surface area contributed by atoms with Crippen LogP contribution in [0, 0.1) is 11.7 Å². The number of carbonyl (C=O) groups excluding carboxylic acids is 1. The molecule has 1 saturated heterocycles. The number of halogens is 1. The molecule has 2 atom stereocenters. The highest BCUT2D eigenvalue weighted by atomic mass is 32.2. The molecule has 1 aromatic carbocycles. The minimum Gasteiger partial charge on any atom is -0.337 e. The van der Waals surface area contributed by atoms with Gasteiger partial charge in [-0.15, -0.1) is 0 Å². The van der Waals surface area contributed by atoms with Gasteiger partial charge in [0.1, 0.15) is 5.82 Å². The van der Waals surface area contributed by atoms with Gasteiger partial charge in [-0.3, -0.25) is 0 Å². The van der Waals surface area contributed by atoms with Crippen LogP contribution in [-0.2, 0) is 10.0 Å². The van der Waals surface area contributed by atoms with E-state index in [1.165, 1.54) is 13.1 Å². The first kappa shape index (κ1) is 17.7. The molecular formula is C15H22FN3O3S. The highest BCUT2D eigenvalue weighted by molar-refractivity contribution is 7.89. The van der Waals surface area contributed by atoms with Crippen molar-refractivity contribution in [3.05, 3.63) is 35.6 Å². The van der Waals surface area contributed by atoms with Gasteiger partial charge in [0, 0.05) is 18.7 Å². The molecule has 128 valence electrons. The molecule has 6 nitrogen and oxygen atoms in total. The average molecular weight is 343 g/mol. The molecule has 0 aliphatic carbocycles. The van der Waals surface area contributed by atoms with Crippen molar-refractivity contribution in [1.29, 1.82) is 0 Å². The second kappa shape index (κ2) is 7.27. The van der Waals surface area contributed by atoms with Gasteiger partial charge in [-0.05, 0) is 25.5 Å². The number of nitrogens with one attached hydrogen (secondary N) is 2. The summed E-state index contributed by atoms with van der Waals surface area (Å²) in [6.45, 7) is 2.53. The topological polar surface area (TPSA) is 78.5 Å². The molecule has 2 N–H and O–H groups in total. The molecule has 2 unspecified atom stereocenters. The van der Waals surface area contributed by atoms with E-state index in [0.29, 0.717) is 18.5 Å². The molecule has 0 aromatic heterocycles. The molecule has 0 radical (unpaired) electrons. The smallest absolute Gasteiger partial charge is 0.317 e. The zero-order valence-electron chi connectivity index (χ0n) is 13.3. The van der Waals surface area contributed by atoms with E-state index in [9.17, 15) is 17.6 Å². The number of nitrogens with zero attached hydrogens (tertiary/aromatic N) is 1. The van der Waals surface area contributed by atoms with Gasteiger partial charge in [0.15, 0.2) is 0 Å². The van der Waals surface area contributed by atoms with Crippen molar-refractivity contribution in [1.82, 2.24) is 14.9 Å². The van der Waals surface area contributed by atoms with Crippen LogP contribution in [0.4, 0.5) is 9.18 Å². The maximum absolute atomic E-state index is 14.0. The Morgan fingerprint density at radius 1 is 1.39 bits per heavy atom. The summed E-state index contributed by atoms with van der Waals surface area (Å²) in [6.07, 6.45) is 0.684. The molecule has 1 heterocycles. The van der Waals surface area contributed by atoms with E-state index >= 15 is 0 Å². The molecule has 23 heavy (non-hydrogen) atoms. The van der Waals surface area contributed by atoms with Gasteiger partial charge < -0.3 is 10.2 Å². The van der Waals surface area contributed by atoms with Crippen LogP contribution in [0.5, 0.6) is 0 Å². The maximum atomic E-state index is 14.0. The largest absolute Gasteiger partial charge is 0.337 e. The van der Waals surface area contributed by atoms with E-state index < -0.39 is 10.0 Å². The molecule has 2 rings (SSSR count). The van der Waals surface area contributed by atoms with Crippen LogP contribution in [0.2, 0.25) is 0 Å². The van der Waals surface area contributed by atoms with Crippen LogP contribution >= 0.6 is 0 Å². The quantitative estimate of drug-likeness (QED) is 0.850. The van der Waals surface area contributed by atoms with Crippen molar-refractivity contribution < 1.29 is 17.6 Å². The predicted octanol–water partition coefficient (Wildman–Crippen LogP) is 1.47. The monoisotopic (exact) mass is 343 g/mol. The Kier molecular flexibility index (Phi) is 5.59. The molecule has 0 spiro atoms. The summed E-state index contributed by atoms with van der Waals surface area (Å²) < 4.78 is 38.9. The number of benzene rings is 1. The van der Waals surface area contributed by atoms with Gasteiger partial charge in [0.2, 0.25) is 10.0 Å². The fourth-order valence-corrected chi connectivity index (χ4v) is 3.38. The fraction of sp³-hybridized carbons (Fsp3) is 0.533. The van der Waals surface area contributed by atoms with Gasteiger partial charge in [-0.25, -0.2) is 22.3 Å². The van der Waals surface area contributed by atoms with Gasteiger partial charge in [-0.2, -0.15) is 0 Å². The van der Waals surface area contributed by atoms with Gasteiger partial charge in [-0.1, -0.05) is 25.1 Å². The first-order valence-corrected chi connectivity index (χ1v) is 9.19. The van der Waals surface area contributed by atoms with E-state index in [-0.39, 0.29) is 36.1 Å². The van der Waals surface area contributed by atoms with Crippen molar-refractivity contribution in [3.63, 3.8) is 0 Å². The number of hydrogen-bond donors (Lipinski definition) is 2. The highest BCUT2D eigenvalue weighted by Gasteiger charge is 2.35. The second-order valence-corrected chi connectivity index (χ2v) is 7.83. The zero-order chi connectivity index (χ0) is 17.0. The lowest BCUT2D eigenvalue weighted by molar-refractivity contribution is 0.192. The van der Waals surface area contributed by atoms with E-state index in [0.717, 1.165) is 0 Å². The Labute approximate surface area is 136 Å². The summed E-state index contributed by atoms with van der Waals surface area (Å²) in [5, 5.41) is 2.60. The molecule has 1 fully saturated rings. The number of hydrogen-bond acceptors (Lipinski definition) is 3. The van der Waals surface area contributed by atoms with Crippen LogP contribution in [-0.4, -0.2) is 45.2 Å². The molecule has 1 aliphatic rings. The minimum atomic E-state index is -3.37. The van der Waals surface area contributed by atoms with Crippen LogP contribution < -0.4 is 10.0 Å². The third-order valence-corrected chi connectivity index (χ3v) is 5.36. The minimum absolute atomic E-state index is 0.0108. The average Bonchev–Trinajstić information content (AvgIpc) is 2.89. The SMILES string of the molecule is CNS(=O)(=O)CCNC(=O)N1CC(C)CC1c1ccccc1F. The maximum Gasteiger partial charge on any atom is 0.317 e. The molecule has 1 aromatic rings. The number of carbonyl (C=O) groups is 1. The normalized spacial score (nSPS) is 21.4. The Bertz CT molecular complexity index is 666. The highest BCUT2D eigenvalue weighted by Crippen LogP contribution is 2.36. The number of amides is 2. The lowest BCUT2D eigenvalue weighted by Crippen LogP contribution is -2.42. The van der Waals surface area contributed by atoms with Gasteiger partial charge >= 0.3 is 6.03 Å². The van der Waals surface area contributed by atoms with E-state index in [2.05, 4.69) is 10.0 Å². The zero-order valence-corrected chi connectivity index (χ0v) is 14.1. The van der Waals surface area contributed by atoms with Crippen LogP contribution in [0.25, 0.3) is 0 Å². The summed E-state index contributed by atoms with van der Waals surface area (Å²) in [4.78, 5) is 13.9. The van der Waals surface area contributed by atoms with Crippen LogP contribution in [0.1, 0.15) is 24.9 Å². The number of likely N-dealkylation sites (tertiary alicyclic amines) is 1. The van der Waals surface area contributed by atoms with Crippen molar-refractivity contribution in [3.8, 4) is 0 Å².